The van der Waals surface area contributed by atoms with Gasteiger partial charge in [-0.1, -0.05) is 0 Å². The molecule has 0 bridgehead atoms. The lowest BCUT2D eigenvalue weighted by Gasteiger charge is -2.35. The van der Waals surface area contributed by atoms with Gasteiger partial charge in [0.05, 0.1) is 10.5 Å². The summed E-state index contributed by atoms with van der Waals surface area (Å²) in [5, 5.41) is 21.0. The first-order valence-corrected chi connectivity index (χ1v) is 5.87. The quantitative estimate of drug-likeness (QED) is 0.627. The van der Waals surface area contributed by atoms with Gasteiger partial charge in [-0.05, 0) is 31.1 Å². The van der Waals surface area contributed by atoms with Crippen molar-refractivity contribution in [1.82, 2.24) is 4.98 Å². The number of aliphatic hydroxyl groups is 1. The Hall–Kier alpha value is -1.21. The summed E-state index contributed by atoms with van der Waals surface area (Å²) in [5.41, 5.74) is -0.611. The number of anilines is 1. The first-order chi connectivity index (χ1) is 7.48. The second-order valence-corrected chi connectivity index (χ2v) is 5.21. The van der Waals surface area contributed by atoms with Gasteiger partial charge in [-0.25, -0.2) is 4.98 Å². The van der Waals surface area contributed by atoms with Crippen LogP contribution in [-0.4, -0.2) is 33.7 Å². The van der Waals surface area contributed by atoms with Gasteiger partial charge in [0.15, 0.2) is 5.13 Å². The predicted octanol–water partition coefficient (Wildman–Crippen LogP) is 1.40. The van der Waals surface area contributed by atoms with Gasteiger partial charge in [0.25, 0.3) is 0 Å². The molecule has 1 aromatic heterocycles. The summed E-state index contributed by atoms with van der Waals surface area (Å²) in [4.78, 5) is 16.1. The molecule has 0 atom stereocenters. The van der Waals surface area contributed by atoms with E-state index in [2.05, 4.69) is 4.98 Å². The topological polar surface area (TPSA) is 79.5 Å². The van der Waals surface area contributed by atoms with E-state index in [0.717, 1.165) is 11.3 Å². The van der Waals surface area contributed by atoms with Gasteiger partial charge in [-0.2, -0.15) is 0 Å². The minimum atomic E-state index is -0.611. The van der Waals surface area contributed by atoms with Crippen LogP contribution in [0, 0.1) is 10.1 Å². The predicted molar refractivity (Wildman–Crippen MR) is 60.8 cm³/mol. The minimum Gasteiger partial charge on any atom is -0.390 e. The van der Waals surface area contributed by atoms with Crippen molar-refractivity contribution in [2.24, 2.45) is 0 Å². The van der Waals surface area contributed by atoms with Crippen LogP contribution in [0.4, 0.5) is 10.1 Å². The number of piperidine rings is 1. The lowest BCUT2D eigenvalue weighted by Crippen LogP contribution is -2.42. The Morgan fingerprint density at radius 3 is 2.75 bits per heavy atom. The van der Waals surface area contributed by atoms with E-state index >= 15 is 0 Å². The Balaban J connectivity index is 2.05. The monoisotopic (exact) mass is 243 g/mol. The molecule has 2 rings (SSSR count). The summed E-state index contributed by atoms with van der Waals surface area (Å²) >= 11 is 1.08. The first-order valence-electron chi connectivity index (χ1n) is 5.05. The Morgan fingerprint density at radius 1 is 1.62 bits per heavy atom. The van der Waals surface area contributed by atoms with Gasteiger partial charge in [-0.15, -0.1) is 0 Å². The second-order valence-electron chi connectivity index (χ2n) is 4.22. The van der Waals surface area contributed by atoms with E-state index in [0.29, 0.717) is 31.1 Å². The Labute approximate surface area is 96.7 Å². The van der Waals surface area contributed by atoms with Crippen LogP contribution in [0.1, 0.15) is 19.8 Å². The van der Waals surface area contributed by atoms with Gasteiger partial charge in [-0.3, -0.25) is 10.1 Å². The molecule has 1 fully saturated rings. The minimum absolute atomic E-state index is 0.0623. The van der Waals surface area contributed by atoms with Crippen LogP contribution < -0.4 is 4.90 Å². The van der Waals surface area contributed by atoms with Gasteiger partial charge in [0.1, 0.15) is 6.20 Å². The molecule has 7 heteroatoms. The summed E-state index contributed by atoms with van der Waals surface area (Å²) < 4.78 is 0. The van der Waals surface area contributed by atoms with E-state index in [1.165, 1.54) is 6.20 Å². The Morgan fingerprint density at radius 2 is 2.25 bits per heavy atom. The molecule has 0 spiro atoms. The fourth-order valence-corrected chi connectivity index (χ4v) is 2.45. The molecule has 88 valence electrons. The number of nitrogens with zero attached hydrogens (tertiary/aromatic N) is 3. The molecule has 1 N–H and O–H groups in total. The summed E-state index contributed by atoms with van der Waals surface area (Å²) in [7, 11) is 0. The van der Waals surface area contributed by atoms with Crippen molar-refractivity contribution in [2.45, 2.75) is 25.4 Å². The molecule has 0 aliphatic carbocycles. The van der Waals surface area contributed by atoms with Crippen LogP contribution in [0.2, 0.25) is 0 Å². The van der Waals surface area contributed by atoms with E-state index in [1.54, 1.807) is 0 Å². The number of aromatic nitrogens is 1. The average Bonchev–Trinajstić information content (AvgIpc) is 2.66. The third-order valence-corrected chi connectivity index (χ3v) is 3.78. The second kappa shape index (κ2) is 3.99. The number of hydrogen-bond acceptors (Lipinski definition) is 6. The zero-order valence-electron chi connectivity index (χ0n) is 8.92. The van der Waals surface area contributed by atoms with Crippen molar-refractivity contribution in [2.75, 3.05) is 18.0 Å². The van der Waals surface area contributed by atoms with Crippen molar-refractivity contribution >= 4 is 21.5 Å². The van der Waals surface area contributed by atoms with Crippen LogP contribution in [0.5, 0.6) is 0 Å². The fourth-order valence-electron chi connectivity index (χ4n) is 1.67. The summed E-state index contributed by atoms with van der Waals surface area (Å²) in [6.07, 6.45) is 2.62. The number of hydrogen-bond donors (Lipinski definition) is 1. The first kappa shape index (κ1) is 11.3. The van der Waals surface area contributed by atoms with E-state index in [9.17, 15) is 15.2 Å². The number of nitro groups is 1. The van der Waals surface area contributed by atoms with Crippen LogP contribution in [-0.2, 0) is 0 Å². The molecule has 0 aromatic carbocycles. The van der Waals surface area contributed by atoms with Crippen molar-refractivity contribution in [3.8, 4) is 0 Å². The highest BCUT2D eigenvalue weighted by atomic mass is 32.1. The molecular formula is C9H13N3O3S. The van der Waals surface area contributed by atoms with Crippen LogP contribution in [0.15, 0.2) is 6.20 Å². The Kier molecular flexibility index (Phi) is 2.81. The zero-order chi connectivity index (χ0) is 11.8. The molecule has 0 amide bonds. The molecule has 0 unspecified atom stereocenters. The molecular weight excluding hydrogens is 230 g/mol. The summed E-state index contributed by atoms with van der Waals surface area (Å²) in [6.45, 7) is 3.20. The molecule has 16 heavy (non-hydrogen) atoms. The van der Waals surface area contributed by atoms with Crippen molar-refractivity contribution < 1.29 is 10.0 Å². The molecule has 0 radical (unpaired) electrons. The van der Waals surface area contributed by atoms with Crippen LogP contribution >= 0.6 is 11.3 Å². The van der Waals surface area contributed by atoms with Crippen molar-refractivity contribution in [3.05, 3.63) is 16.3 Å². The maximum atomic E-state index is 10.5. The molecule has 6 nitrogen and oxygen atoms in total. The van der Waals surface area contributed by atoms with Crippen LogP contribution in [0.25, 0.3) is 0 Å². The van der Waals surface area contributed by atoms with Gasteiger partial charge in [0, 0.05) is 13.1 Å². The summed E-state index contributed by atoms with van der Waals surface area (Å²) in [6, 6.07) is 0. The SMILES string of the molecule is CC1(O)CCN(c2ncc([N+](=O)[O-])s2)CC1. The molecule has 1 aromatic rings. The van der Waals surface area contributed by atoms with Gasteiger partial charge < -0.3 is 10.0 Å². The standard InChI is InChI=1S/C9H13N3O3S/c1-9(13)2-4-11(5-3-9)8-10-6-7(16-8)12(14)15/h6,13H,2-5H2,1H3. The molecule has 2 heterocycles. The highest BCUT2D eigenvalue weighted by Gasteiger charge is 2.29. The highest BCUT2D eigenvalue weighted by Crippen LogP contribution is 2.31. The molecule has 1 aliphatic rings. The van der Waals surface area contributed by atoms with E-state index < -0.39 is 10.5 Å². The number of thiazole rings is 1. The summed E-state index contributed by atoms with van der Waals surface area (Å²) in [5.74, 6) is 0. The maximum absolute atomic E-state index is 10.5. The van der Waals surface area contributed by atoms with Gasteiger partial charge >= 0.3 is 5.00 Å². The van der Waals surface area contributed by atoms with E-state index in [-0.39, 0.29) is 5.00 Å². The zero-order valence-corrected chi connectivity index (χ0v) is 9.74. The van der Waals surface area contributed by atoms with E-state index in [1.807, 2.05) is 11.8 Å². The average molecular weight is 243 g/mol. The lowest BCUT2D eigenvalue weighted by molar-refractivity contribution is -0.380. The smallest absolute Gasteiger partial charge is 0.345 e. The van der Waals surface area contributed by atoms with E-state index in [4.69, 9.17) is 0 Å². The maximum Gasteiger partial charge on any atom is 0.345 e. The highest BCUT2D eigenvalue weighted by molar-refractivity contribution is 7.18. The van der Waals surface area contributed by atoms with Crippen molar-refractivity contribution in [3.63, 3.8) is 0 Å². The third-order valence-electron chi connectivity index (χ3n) is 2.77. The molecule has 1 saturated heterocycles. The fraction of sp³-hybridized carbons (Fsp3) is 0.667. The largest absolute Gasteiger partial charge is 0.390 e. The third kappa shape index (κ3) is 2.30. The van der Waals surface area contributed by atoms with Gasteiger partial charge in [0.2, 0.25) is 0 Å². The Bertz CT molecular complexity index is 394. The van der Waals surface area contributed by atoms with Crippen LogP contribution in [0.3, 0.4) is 0 Å². The number of rotatable bonds is 2. The molecule has 0 saturated carbocycles. The normalized spacial score (nSPS) is 19.8. The molecule has 1 aliphatic heterocycles. The lowest BCUT2D eigenvalue weighted by atomic mass is 9.94. The van der Waals surface area contributed by atoms with Crippen molar-refractivity contribution in [1.29, 1.82) is 0 Å².